The Morgan fingerprint density at radius 1 is 1.24 bits per heavy atom. The lowest BCUT2D eigenvalue weighted by atomic mass is 10.0. The summed E-state index contributed by atoms with van der Waals surface area (Å²) in [6.45, 7) is 6.35. The molecule has 1 aliphatic heterocycles. The number of carboxylic acids is 1. The number of aliphatic carboxylic acids is 1. The Morgan fingerprint density at radius 2 is 1.81 bits per heavy atom. The smallest absolute Gasteiger partial charge is 0.326 e. The second-order valence-electron chi connectivity index (χ2n) is 5.93. The van der Waals surface area contributed by atoms with Crippen LogP contribution in [0.1, 0.15) is 40.0 Å². The van der Waals surface area contributed by atoms with Crippen molar-refractivity contribution in [2.24, 2.45) is 5.92 Å². The number of amides is 3. The highest BCUT2D eigenvalue weighted by Gasteiger charge is 2.27. The second-order valence-corrected chi connectivity index (χ2v) is 5.93. The van der Waals surface area contributed by atoms with Crippen molar-refractivity contribution in [2.45, 2.75) is 52.1 Å². The van der Waals surface area contributed by atoms with Gasteiger partial charge in [-0.25, -0.2) is 9.59 Å². The van der Waals surface area contributed by atoms with E-state index in [0.29, 0.717) is 32.4 Å². The first kappa shape index (κ1) is 17.3. The minimum absolute atomic E-state index is 0.0687. The zero-order valence-corrected chi connectivity index (χ0v) is 12.9. The van der Waals surface area contributed by atoms with Crippen molar-refractivity contribution >= 4 is 17.9 Å². The maximum atomic E-state index is 12.1. The largest absolute Gasteiger partial charge is 0.480 e. The van der Waals surface area contributed by atoms with Crippen molar-refractivity contribution in [3.8, 4) is 0 Å². The van der Waals surface area contributed by atoms with E-state index in [1.807, 2.05) is 13.8 Å². The van der Waals surface area contributed by atoms with Crippen LogP contribution in [0.3, 0.4) is 0 Å². The standard InChI is InChI=1S/C14H25N3O4/c1-9(2)8-12(13(19)20)16-14(21)17-6-4-11(5-7-17)15-10(3)18/h9,11-12H,4-8H2,1-3H3,(H,15,18)(H,16,21)(H,19,20). The number of carboxylic acid groups (broad SMARTS) is 1. The topological polar surface area (TPSA) is 98.7 Å². The third-order valence-corrected chi connectivity index (χ3v) is 3.49. The molecule has 7 nitrogen and oxygen atoms in total. The number of piperidine rings is 1. The van der Waals surface area contributed by atoms with Crippen LogP contribution in [0.15, 0.2) is 0 Å². The number of urea groups is 1. The van der Waals surface area contributed by atoms with Gasteiger partial charge >= 0.3 is 12.0 Å². The molecule has 3 N–H and O–H groups in total. The first-order valence-electron chi connectivity index (χ1n) is 7.35. The van der Waals surface area contributed by atoms with Crippen LogP contribution in [-0.4, -0.2) is 53.1 Å². The third kappa shape index (κ3) is 6.01. The van der Waals surface area contributed by atoms with Gasteiger partial charge in [0.1, 0.15) is 6.04 Å². The summed E-state index contributed by atoms with van der Waals surface area (Å²) in [7, 11) is 0. The van der Waals surface area contributed by atoms with Crippen molar-refractivity contribution in [2.75, 3.05) is 13.1 Å². The van der Waals surface area contributed by atoms with E-state index in [4.69, 9.17) is 5.11 Å². The number of likely N-dealkylation sites (tertiary alicyclic amines) is 1. The van der Waals surface area contributed by atoms with Gasteiger partial charge in [0.25, 0.3) is 0 Å². The number of hydrogen-bond acceptors (Lipinski definition) is 3. The van der Waals surface area contributed by atoms with Gasteiger partial charge in [-0.3, -0.25) is 4.79 Å². The maximum absolute atomic E-state index is 12.1. The molecule has 0 aliphatic carbocycles. The molecule has 0 saturated carbocycles. The van der Waals surface area contributed by atoms with Gasteiger partial charge in [0, 0.05) is 26.1 Å². The predicted molar refractivity (Wildman–Crippen MR) is 77.8 cm³/mol. The van der Waals surface area contributed by atoms with Gasteiger partial charge in [0.15, 0.2) is 0 Å². The first-order chi connectivity index (χ1) is 9.79. The van der Waals surface area contributed by atoms with Crippen molar-refractivity contribution in [1.29, 1.82) is 0 Å². The zero-order chi connectivity index (χ0) is 16.0. The number of nitrogens with zero attached hydrogens (tertiary/aromatic N) is 1. The Hall–Kier alpha value is -1.79. The molecule has 120 valence electrons. The number of nitrogens with one attached hydrogen (secondary N) is 2. The van der Waals surface area contributed by atoms with Crippen LogP contribution >= 0.6 is 0 Å². The van der Waals surface area contributed by atoms with Gasteiger partial charge in [0.05, 0.1) is 0 Å². The van der Waals surface area contributed by atoms with Gasteiger partial charge in [-0.05, 0) is 25.2 Å². The van der Waals surface area contributed by atoms with E-state index in [2.05, 4.69) is 10.6 Å². The lowest BCUT2D eigenvalue weighted by Gasteiger charge is -2.33. The number of carbonyl (C=O) groups excluding carboxylic acids is 2. The van der Waals surface area contributed by atoms with Crippen molar-refractivity contribution in [1.82, 2.24) is 15.5 Å². The second kappa shape index (κ2) is 7.85. The molecule has 0 aromatic rings. The Kier molecular flexibility index (Phi) is 6.45. The van der Waals surface area contributed by atoms with E-state index >= 15 is 0 Å². The molecule has 0 aromatic carbocycles. The normalized spacial score (nSPS) is 17.4. The van der Waals surface area contributed by atoms with Gasteiger partial charge in [-0.1, -0.05) is 13.8 Å². The average Bonchev–Trinajstić information content (AvgIpc) is 2.37. The average molecular weight is 299 g/mol. The molecule has 0 spiro atoms. The molecule has 0 bridgehead atoms. The number of rotatable bonds is 5. The molecule has 21 heavy (non-hydrogen) atoms. The van der Waals surface area contributed by atoms with Gasteiger partial charge in [-0.2, -0.15) is 0 Å². The Labute approximate surface area is 125 Å². The van der Waals surface area contributed by atoms with E-state index in [1.165, 1.54) is 6.92 Å². The molecule has 1 fully saturated rings. The van der Waals surface area contributed by atoms with Crippen LogP contribution in [0, 0.1) is 5.92 Å². The summed E-state index contributed by atoms with van der Waals surface area (Å²) >= 11 is 0. The lowest BCUT2D eigenvalue weighted by Crippen LogP contribution is -2.52. The van der Waals surface area contributed by atoms with Crippen LogP contribution in [-0.2, 0) is 9.59 Å². The molecular formula is C14H25N3O4. The Bertz CT molecular complexity index is 390. The summed E-state index contributed by atoms with van der Waals surface area (Å²) in [5.41, 5.74) is 0. The maximum Gasteiger partial charge on any atom is 0.326 e. The van der Waals surface area contributed by atoms with Crippen molar-refractivity contribution in [3.05, 3.63) is 0 Å². The summed E-state index contributed by atoms with van der Waals surface area (Å²) < 4.78 is 0. The van der Waals surface area contributed by atoms with E-state index in [1.54, 1.807) is 4.90 Å². The monoisotopic (exact) mass is 299 g/mol. The quantitative estimate of drug-likeness (QED) is 0.699. The summed E-state index contributed by atoms with van der Waals surface area (Å²) in [6, 6.07) is -1.10. The zero-order valence-electron chi connectivity index (χ0n) is 12.9. The summed E-state index contributed by atoms with van der Waals surface area (Å²) in [5, 5.41) is 14.5. The molecule has 0 radical (unpaired) electrons. The van der Waals surface area contributed by atoms with Crippen LogP contribution < -0.4 is 10.6 Å². The Balaban J connectivity index is 2.45. The molecule has 3 amide bonds. The molecule has 1 rings (SSSR count). The fourth-order valence-electron chi connectivity index (χ4n) is 2.45. The number of carbonyl (C=O) groups is 3. The van der Waals surface area contributed by atoms with Crippen molar-refractivity contribution in [3.63, 3.8) is 0 Å². The minimum atomic E-state index is -1.01. The molecule has 1 unspecified atom stereocenters. The third-order valence-electron chi connectivity index (χ3n) is 3.49. The van der Waals surface area contributed by atoms with E-state index in [9.17, 15) is 14.4 Å². The Morgan fingerprint density at radius 3 is 2.24 bits per heavy atom. The van der Waals surface area contributed by atoms with Crippen LogP contribution in [0.4, 0.5) is 4.79 Å². The fourth-order valence-corrected chi connectivity index (χ4v) is 2.45. The predicted octanol–water partition coefficient (Wildman–Crippen LogP) is 0.796. The first-order valence-corrected chi connectivity index (χ1v) is 7.35. The molecule has 7 heteroatoms. The van der Waals surface area contributed by atoms with Gasteiger partial charge in [0.2, 0.25) is 5.91 Å². The van der Waals surface area contributed by atoms with Crippen LogP contribution in [0.5, 0.6) is 0 Å². The van der Waals surface area contributed by atoms with E-state index in [0.717, 1.165) is 0 Å². The summed E-state index contributed by atoms with van der Waals surface area (Å²) in [5.74, 6) is -0.886. The summed E-state index contributed by atoms with van der Waals surface area (Å²) in [4.78, 5) is 35.8. The molecule has 1 saturated heterocycles. The highest BCUT2D eigenvalue weighted by molar-refractivity contribution is 5.82. The lowest BCUT2D eigenvalue weighted by molar-refractivity contribution is -0.139. The van der Waals surface area contributed by atoms with E-state index in [-0.39, 0.29) is 23.9 Å². The summed E-state index contributed by atoms with van der Waals surface area (Å²) in [6.07, 6.45) is 1.78. The van der Waals surface area contributed by atoms with E-state index < -0.39 is 12.0 Å². The molecule has 0 aromatic heterocycles. The fraction of sp³-hybridized carbons (Fsp3) is 0.786. The van der Waals surface area contributed by atoms with Crippen LogP contribution in [0.2, 0.25) is 0 Å². The molecule has 1 atom stereocenters. The van der Waals surface area contributed by atoms with Crippen LogP contribution in [0.25, 0.3) is 0 Å². The SMILES string of the molecule is CC(=O)NC1CCN(C(=O)NC(CC(C)C)C(=O)O)CC1. The molecule has 1 aliphatic rings. The minimum Gasteiger partial charge on any atom is -0.480 e. The molecular weight excluding hydrogens is 274 g/mol. The van der Waals surface area contributed by atoms with Gasteiger partial charge in [-0.15, -0.1) is 0 Å². The highest BCUT2D eigenvalue weighted by atomic mass is 16.4. The highest BCUT2D eigenvalue weighted by Crippen LogP contribution is 2.11. The van der Waals surface area contributed by atoms with Gasteiger partial charge < -0.3 is 20.6 Å². The van der Waals surface area contributed by atoms with Crippen molar-refractivity contribution < 1.29 is 19.5 Å². The molecule has 1 heterocycles. The number of hydrogen-bond donors (Lipinski definition) is 3.